The van der Waals surface area contributed by atoms with Crippen molar-refractivity contribution in [3.8, 4) is 11.5 Å². The topological polar surface area (TPSA) is 89.5 Å². The molecule has 3 rings (SSSR count). The Labute approximate surface area is 134 Å². The van der Waals surface area contributed by atoms with Crippen LogP contribution in [0.3, 0.4) is 0 Å². The fourth-order valence-corrected chi connectivity index (χ4v) is 3.09. The molecule has 1 aliphatic rings. The zero-order valence-corrected chi connectivity index (χ0v) is 13.4. The summed E-state index contributed by atoms with van der Waals surface area (Å²) in [5.41, 5.74) is 0.845. The van der Waals surface area contributed by atoms with Crippen LogP contribution in [0.15, 0.2) is 41.4 Å². The Balaban J connectivity index is 1.75. The summed E-state index contributed by atoms with van der Waals surface area (Å²) in [5, 5.41) is 3.17. The number of nitrogens with zero attached hydrogens (tertiary/aromatic N) is 1. The van der Waals surface area contributed by atoms with E-state index < -0.39 is 10.0 Å². The first-order valence-electron chi connectivity index (χ1n) is 7.21. The Hall–Kier alpha value is -2.48. The van der Waals surface area contributed by atoms with E-state index in [4.69, 9.17) is 9.47 Å². The van der Waals surface area contributed by atoms with Crippen LogP contribution in [0.1, 0.15) is 13.3 Å². The number of hydrogen-bond donors (Lipinski definition) is 2. The van der Waals surface area contributed by atoms with Crippen molar-refractivity contribution in [1.29, 1.82) is 0 Å². The summed E-state index contributed by atoms with van der Waals surface area (Å²) in [7, 11) is -3.73. The number of rotatable bonds is 6. The number of hydrogen-bond acceptors (Lipinski definition) is 6. The smallest absolute Gasteiger partial charge is 0.263 e. The average molecular weight is 335 g/mol. The molecule has 0 fully saturated rings. The normalized spacial score (nSPS) is 12.9. The molecule has 0 radical (unpaired) electrons. The highest BCUT2D eigenvalue weighted by atomic mass is 32.2. The van der Waals surface area contributed by atoms with Gasteiger partial charge in [-0.25, -0.2) is 13.4 Å². The molecule has 1 aromatic carbocycles. The van der Waals surface area contributed by atoms with Crippen molar-refractivity contribution in [3.63, 3.8) is 0 Å². The zero-order valence-electron chi connectivity index (χ0n) is 12.6. The van der Waals surface area contributed by atoms with Crippen molar-refractivity contribution in [2.75, 3.05) is 23.4 Å². The van der Waals surface area contributed by atoms with Crippen molar-refractivity contribution >= 4 is 21.5 Å². The van der Waals surface area contributed by atoms with Gasteiger partial charge in [-0.15, -0.1) is 0 Å². The second kappa shape index (κ2) is 6.33. The maximum Gasteiger partial charge on any atom is 0.263 e. The van der Waals surface area contributed by atoms with Crippen LogP contribution in [0.25, 0.3) is 0 Å². The van der Waals surface area contributed by atoms with Crippen LogP contribution < -0.4 is 19.5 Å². The second-order valence-electron chi connectivity index (χ2n) is 4.98. The monoisotopic (exact) mass is 335 g/mol. The maximum atomic E-state index is 12.4. The minimum atomic E-state index is -3.73. The molecule has 1 aliphatic heterocycles. The van der Waals surface area contributed by atoms with Gasteiger partial charge < -0.3 is 14.8 Å². The third-order valence-corrected chi connectivity index (χ3v) is 4.59. The molecular weight excluding hydrogens is 318 g/mol. The largest absolute Gasteiger partial charge is 0.454 e. The first-order chi connectivity index (χ1) is 11.1. The minimum absolute atomic E-state index is 0.0942. The van der Waals surface area contributed by atoms with Crippen molar-refractivity contribution in [2.24, 2.45) is 0 Å². The Bertz CT molecular complexity index is 791. The van der Waals surface area contributed by atoms with Gasteiger partial charge in [0.1, 0.15) is 5.82 Å². The molecule has 0 bridgehead atoms. The third kappa shape index (κ3) is 3.48. The van der Waals surface area contributed by atoms with Crippen molar-refractivity contribution in [2.45, 2.75) is 18.2 Å². The Morgan fingerprint density at radius 2 is 2.00 bits per heavy atom. The van der Waals surface area contributed by atoms with E-state index in [1.807, 2.05) is 0 Å². The summed E-state index contributed by atoms with van der Waals surface area (Å²) in [6.45, 7) is 3.00. The third-order valence-electron chi connectivity index (χ3n) is 3.24. The predicted molar refractivity (Wildman–Crippen MR) is 86.4 cm³/mol. The van der Waals surface area contributed by atoms with Gasteiger partial charge in [-0.05, 0) is 30.7 Å². The highest BCUT2D eigenvalue weighted by molar-refractivity contribution is 7.92. The number of aromatic nitrogens is 1. The van der Waals surface area contributed by atoms with E-state index in [0.29, 0.717) is 11.5 Å². The lowest BCUT2D eigenvalue weighted by Gasteiger charge is -2.09. The number of sulfonamides is 1. The lowest BCUT2D eigenvalue weighted by molar-refractivity contribution is 0.174. The summed E-state index contributed by atoms with van der Waals surface area (Å²) in [6, 6.07) is 7.86. The van der Waals surface area contributed by atoms with Crippen LogP contribution in [0.2, 0.25) is 0 Å². The van der Waals surface area contributed by atoms with Gasteiger partial charge in [0.2, 0.25) is 6.79 Å². The van der Waals surface area contributed by atoms with Crippen LogP contribution in [-0.2, 0) is 10.0 Å². The molecule has 7 nitrogen and oxygen atoms in total. The van der Waals surface area contributed by atoms with Crippen LogP contribution in [0, 0.1) is 0 Å². The molecule has 2 heterocycles. The summed E-state index contributed by atoms with van der Waals surface area (Å²) in [6.07, 6.45) is 2.59. The molecule has 23 heavy (non-hydrogen) atoms. The fraction of sp³-hybridized carbons (Fsp3) is 0.267. The van der Waals surface area contributed by atoms with E-state index >= 15 is 0 Å². The first kappa shape index (κ1) is 15.4. The molecule has 0 saturated heterocycles. The minimum Gasteiger partial charge on any atom is -0.454 e. The first-order valence-corrected chi connectivity index (χ1v) is 8.69. The van der Waals surface area contributed by atoms with Gasteiger partial charge in [0, 0.05) is 12.6 Å². The Morgan fingerprint density at radius 3 is 2.74 bits per heavy atom. The molecule has 0 saturated carbocycles. The van der Waals surface area contributed by atoms with Gasteiger partial charge in [0.15, 0.2) is 11.5 Å². The molecule has 0 aliphatic carbocycles. The molecular formula is C15H17N3O4S. The molecule has 2 aromatic rings. The molecule has 122 valence electrons. The highest BCUT2D eigenvalue weighted by Gasteiger charge is 2.20. The number of nitrogens with one attached hydrogen (secondary N) is 2. The second-order valence-corrected chi connectivity index (χ2v) is 6.66. The van der Waals surface area contributed by atoms with Gasteiger partial charge >= 0.3 is 0 Å². The standard InChI is InChI=1S/C15H17N3O4S/c1-2-7-16-11-3-6-15(17-9-11)18-23(19,20)12-4-5-13-14(8-12)22-10-21-13/h3-6,8-9,16H,2,7,10H2,1H3,(H,17,18). The van der Waals surface area contributed by atoms with Crippen molar-refractivity contribution < 1.29 is 17.9 Å². The van der Waals surface area contributed by atoms with Gasteiger partial charge in [0.05, 0.1) is 16.8 Å². The van der Waals surface area contributed by atoms with E-state index in [1.165, 1.54) is 12.1 Å². The number of pyridine rings is 1. The number of benzene rings is 1. The summed E-state index contributed by atoms with van der Waals surface area (Å²) < 4.78 is 37.6. The van der Waals surface area contributed by atoms with Crippen molar-refractivity contribution in [3.05, 3.63) is 36.5 Å². The van der Waals surface area contributed by atoms with Gasteiger partial charge in [-0.3, -0.25) is 4.72 Å². The van der Waals surface area contributed by atoms with Gasteiger partial charge in [-0.2, -0.15) is 0 Å². The Morgan fingerprint density at radius 1 is 1.17 bits per heavy atom. The quantitative estimate of drug-likeness (QED) is 0.843. The lowest BCUT2D eigenvalue weighted by atomic mass is 10.3. The van der Waals surface area contributed by atoms with Crippen LogP contribution >= 0.6 is 0 Å². The molecule has 0 unspecified atom stereocenters. The summed E-state index contributed by atoms with van der Waals surface area (Å²) in [5.74, 6) is 1.21. The van der Waals surface area contributed by atoms with Crippen LogP contribution in [0.5, 0.6) is 11.5 Å². The molecule has 2 N–H and O–H groups in total. The van der Waals surface area contributed by atoms with Gasteiger partial charge in [0.25, 0.3) is 10.0 Å². The van der Waals surface area contributed by atoms with E-state index in [-0.39, 0.29) is 17.5 Å². The Kier molecular flexibility index (Phi) is 4.24. The molecule has 1 aromatic heterocycles. The van der Waals surface area contributed by atoms with Gasteiger partial charge in [-0.1, -0.05) is 6.92 Å². The van der Waals surface area contributed by atoms with E-state index in [2.05, 4.69) is 21.9 Å². The van der Waals surface area contributed by atoms with E-state index in [1.54, 1.807) is 24.4 Å². The molecule has 0 amide bonds. The van der Waals surface area contributed by atoms with E-state index in [0.717, 1.165) is 18.7 Å². The summed E-state index contributed by atoms with van der Waals surface area (Å²) >= 11 is 0. The fourth-order valence-electron chi connectivity index (χ4n) is 2.07. The SMILES string of the molecule is CCCNc1ccc(NS(=O)(=O)c2ccc3c(c2)OCO3)nc1. The highest BCUT2D eigenvalue weighted by Crippen LogP contribution is 2.34. The van der Waals surface area contributed by atoms with Crippen molar-refractivity contribution in [1.82, 2.24) is 4.98 Å². The number of anilines is 2. The molecule has 8 heteroatoms. The lowest BCUT2D eigenvalue weighted by Crippen LogP contribution is -2.14. The van der Waals surface area contributed by atoms with Crippen LogP contribution in [0.4, 0.5) is 11.5 Å². The predicted octanol–water partition coefficient (Wildman–Crippen LogP) is 2.43. The maximum absolute atomic E-state index is 12.4. The average Bonchev–Trinajstić information content (AvgIpc) is 3.01. The summed E-state index contributed by atoms with van der Waals surface area (Å²) in [4.78, 5) is 4.20. The van der Waals surface area contributed by atoms with Crippen LogP contribution in [-0.4, -0.2) is 26.7 Å². The molecule has 0 atom stereocenters. The molecule has 0 spiro atoms. The number of ether oxygens (including phenoxy) is 2. The zero-order chi connectivity index (χ0) is 16.3. The number of fused-ring (bicyclic) bond motifs is 1. The van der Waals surface area contributed by atoms with E-state index in [9.17, 15) is 8.42 Å².